The molecule has 0 unspecified atom stereocenters. The number of aliphatic hydroxyl groups is 1. The van der Waals surface area contributed by atoms with Crippen molar-refractivity contribution in [1.82, 2.24) is 15.0 Å². The summed E-state index contributed by atoms with van der Waals surface area (Å²) >= 11 is 0. The highest BCUT2D eigenvalue weighted by atomic mass is 32.2. The number of benzene rings is 2. The Bertz CT molecular complexity index is 1290. The molecule has 0 bridgehead atoms. The number of rotatable bonds is 9. The van der Waals surface area contributed by atoms with E-state index in [9.17, 15) is 18.3 Å². The molecular formula is C27H33N3O5S. The molecule has 0 saturated heterocycles. The molecule has 0 radical (unpaired) electrons. The summed E-state index contributed by atoms with van der Waals surface area (Å²) in [6, 6.07) is 17.0. The number of hydrogen-bond donors (Lipinski definition) is 3. The molecule has 1 aromatic heterocycles. The minimum atomic E-state index is -3.72. The van der Waals surface area contributed by atoms with E-state index in [0.29, 0.717) is 49.1 Å². The molecule has 2 atom stereocenters. The van der Waals surface area contributed by atoms with Crippen molar-refractivity contribution in [1.29, 1.82) is 0 Å². The van der Waals surface area contributed by atoms with Crippen LogP contribution in [0.4, 0.5) is 0 Å². The van der Waals surface area contributed by atoms with Crippen LogP contribution in [0.3, 0.4) is 0 Å². The molecule has 192 valence electrons. The number of sulfonamides is 1. The predicted octanol–water partition coefficient (Wildman–Crippen LogP) is 3.71. The molecule has 36 heavy (non-hydrogen) atoms. The topological polar surface area (TPSA) is 118 Å². The van der Waals surface area contributed by atoms with Crippen molar-refractivity contribution in [2.75, 3.05) is 6.61 Å². The van der Waals surface area contributed by atoms with Crippen LogP contribution >= 0.6 is 0 Å². The Labute approximate surface area is 212 Å². The van der Waals surface area contributed by atoms with Crippen molar-refractivity contribution < 1.29 is 23.1 Å². The van der Waals surface area contributed by atoms with E-state index in [1.54, 1.807) is 37.3 Å². The van der Waals surface area contributed by atoms with Gasteiger partial charge in [0, 0.05) is 23.4 Å². The second-order valence-corrected chi connectivity index (χ2v) is 11.0. The summed E-state index contributed by atoms with van der Waals surface area (Å²) in [6.45, 7) is 4.04. The van der Waals surface area contributed by atoms with Crippen LogP contribution in [0, 0.1) is 5.92 Å². The monoisotopic (exact) mass is 511 g/mol. The Morgan fingerprint density at radius 2 is 1.81 bits per heavy atom. The molecule has 2 aromatic carbocycles. The van der Waals surface area contributed by atoms with E-state index >= 15 is 0 Å². The molecule has 1 aliphatic rings. The number of ether oxygens (including phenoxy) is 1. The first-order valence-electron chi connectivity index (χ1n) is 12.4. The zero-order valence-corrected chi connectivity index (χ0v) is 21.4. The Balaban J connectivity index is 1.35. The van der Waals surface area contributed by atoms with Gasteiger partial charge in [-0.15, -0.1) is 0 Å². The SMILES string of the molecule is CCOc1ccc2cc(S(=O)(=O)N[C@H]3CC[C@H](C(=O)N[C@@H](c4ccccc4)[C@@H](C)O)CC3)ccc2n1. The Kier molecular flexibility index (Phi) is 8.23. The van der Waals surface area contributed by atoms with Crippen molar-refractivity contribution in [3.63, 3.8) is 0 Å². The molecule has 0 aliphatic heterocycles. The van der Waals surface area contributed by atoms with Crippen molar-refractivity contribution >= 4 is 26.8 Å². The molecule has 9 heteroatoms. The number of aliphatic hydroxyl groups excluding tert-OH is 1. The van der Waals surface area contributed by atoms with Gasteiger partial charge in [-0.05, 0) is 69.4 Å². The molecule has 0 spiro atoms. The van der Waals surface area contributed by atoms with Gasteiger partial charge in [0.05, 0.1) is 29.2 Å². The van der Waals surface area contributed by atoms with Crippen LogP contribution in [-0.2, 0) is 14.8 Å². The largest absolute Gasteiger partial charge is 0.478 e. The second-order valence-electron chi connectivity index (χ2n) is 9.24. The average molecular weight is 512 g/mol. The zero-order chi connectivity index (χ0) is 25.7. The molecule has 1 heterocycles. The summed E-state index contributed by atoms with van der Waals surface area (Å²) in [5, 5.41) is 13.9. The highest BCUT2D eigenvalue weighted by molar-refractivity contribution is 7.89. The Morgan fingerprint density at radius 1 is 1.08 bits per heavy atom. The molecule has 4 rings (SSSR count). The summed E-state index contributed by atoms with van der Waals surface area (Å²) in [5.74, 6) is 0.171. The first-order valence-corrected chi connectivity index (χ1v) is 13.8. The van der Waals surface area contributed by atoms with Gasteiger partial charge < -0.3 is 15.2 Å². The van der Waals surface area contributed by atoms with Gasteiger partial charge in [0.1, 0.15) is 0 Å². The first kappa shape index (κ1) is 26.1. The number of nitrogens with zero attached hydrogens (tertiary/aromatic N) is 1. The highest BCUT2D eigenvalue weighted by Crippen LogP contribution is 2.28. The van der Waals surface area contributed by atoms with Crippen LogP contribution in [0.15, 0.2) is 65.6 Å². The maximum Gasteiger partial charge on any atom is 0.240 e. The molecule has 1 saturated carbocycles. The smallest absolute Gasteiger partial charge is 0.240 e. The van der Waals surface area contributed by atoms with Crippen molar-refractivity contribution in [2.24, 2.45) is 5.92 Å². The summed E-state index contributed by atoms with van der Waals surface area (Å²) in [7, 11) is -3.72. The fraction of sp³-hybridized carbons (Fsp3) is 0.407. The Morgan fingerprint density at radius 3 is 2.47 bits per heavy atom. The zero-order valence-electron chi connectivity index (χ0n) is 20.6. The number of fused-ring (bicyclic) bond motifs is 1. The van der Waals surface area contributed by atoms with Gasteiger partial charge in [0.2, 0.25) is 21.8 Å². The molecule has 1 aliphatic carbocycles. The van der Waals surface area contributed by atoms with Crippen LogP contribution in [-0.4, -0.2) is 43.2 Å². The Hall–Kier alpha value is -3.01. The third kappa shape index (κ3) is 6.21. The minimum Gasteiger partial charge on any atom is -0.478 e. The van der Waals surface area contributed by atoms with Crippen molar-refractivity contribution in [2.45, 2.75) is 62.6 Å². The highest BCUT2D eigenvalue weighted by Gasteiger charge is 2.31. The van der Waals surface area contributed by atoms with E-state index in [2.05, 4.69) is 15.0 Å². The van der Waals surface area contributed by atoms with E-state index in [-0.39, 0.29) is 22.8 Å². The van der Waals surface area contributed by atoms with Gasteiger partial charge in [0.25, 0.3) is 0 Å². The molecule has 3 N–H and O–H groups in total. The lowest BCUT2D eigenvalue weighted by Gasteiger charge is -2.30. The summed E-state index contributed by atoms with van der Waals surface area (Å²) in [4.78, 5) is 17.5. The normalized spacial score (nSPS) is 20.0. The van der Waals surface area contributed by atoms with E-state index in [1.807, 2.05) is 37.3 Å². The third-order valence-electron chi connectivity index (χ3n) is 6.60. The van der Waals surface area contributed by atoms with E-state index in [0.717, 1.165) is 5.56 Å². The number of carbonyl (C=O) groups excluding carboxylic acids is 1. The summed E-state index contributed by atoms with van der Waals surface area (Å²) in [6.07, 6.45) is 1.54. The number of aromatic nitrogens is 1. The summed E-state index contributed by atoms with van der Waals surface area (Å²) in [5.41, 5.74) is 1.51. The standard InChI is InChI=1S/C27H33N3O5S/c1-3-35-25-16-11-21-17-23(14-15-24(21)28-25)36(33,34)30-22-12-9-20(10-13-22)27(32)29-26(18(2)31)19-7-5-4-6-8-19/h4-8,11,14-18,20,22,26,30-31H,3,9-10,12-13H2,1-2H3,(H,29,32)/t18-,20-,22-,26-/m1/s1. The second kappa shape index (κ2) is 11.4. The maximum atomic E-state index is 13.0. The van der Waals surface area contributed by atoms with Crippen molar-refractivity contribution in [3.05, 3.63) is 66.2 Å². The lowest BCUT2D eigenvalue weighted by molar-refractivity contribution is -0.127. The molecule has 8 nitrogen and oxygen atoms in total. The van der Waals surface area contributed by atoms with Crippen molar-refractivity contribution in [3.8, 4) is 5.88 Å². The number of amides is 1. The lowest BCUT2D eigenvalue weighted by Crippen LogP contribution is -2.43. The van der Waals surface area contributed by atoms with Gasteiger partial charge in [-0.2, -0.15) is 0 Å². The number of nitrogens with one attached hydrogen (secondary N) is 2. The molecule has 3 aromatic rings. The number of carbonyl (C=O) groups is 1. The van der Waals surface area contributed by atoms with Gasteiger partial charge in [-0.3, -0.25) is 4.79 Å². The van der Waals surface area contributed by atoms with Crippen LogP contribution in [0.1, 0.15) is 51.1 Å². The fourth-order valence-electron chi connectivity index (χ4n) is 4.66. The maximum absolute atomic E-state index is 13.0. The van der Waals surface area contributed by atoms with Crippen LogP contribution in [0.25, 0.3) is 10.9 Å². The third-order valence-corrected chi connectivity index (χ3v) is 8.11. The molecule has 1 amide bonds. The number of pyridine rings is 1. The van der Waals surface area contributed by atoms with Gasteiger partial charge in [-0.25, -0.2) is 18.1 Å². The minimum absolute atomic E-state index is 0.112. The fourth-order valence-corrected chi connectivity index (χ4v) is 6.00. The van der Waals surface area contributed by atoms with E-state index < -0.39 is 22.2 Å². The lowest BCUT2D eigenvalue weighted by atomic mass is 9.85. The van der Waals surface area contributed by atoms with Crippen LogP contribution in [0.5, 0.6) is 5.88 Å². The number of hydrogen-bond acceptors (Lipinski definition) is 6. The first-order chi connectivity index (χ1) is 17.3. The average Bonchev–Trinajstić information content (AvgIpc) is 2.87. The predicted molar refractivity (Wildman–Crippen MR) is 138 cm³/mol. The van der Waals surface area contributed by atoms with Gasteiger partial charge >= 0.3 is 0 Å². The van der Waals surface area contributed by atoms with Crippen LogP contribution < -0.4 is 14.8 Å². The van der Waals surface area contributed by atoms with E-state index in [1.165, 1.54) is 0 Å². The quantitative estimate of drug-likeness (QED) is 0.403. The van der Waals surface area contributed by atoms with Gasteiger partial charge in [0.15, 0.2) is 0 Å². The van der Waals surface area contributed by atoms with Crippen LogP contribution in [0.2, 0.25) is 0 Å². The van der Waals surface area contributed by atoms with E-state index in [4.69, 9.17) is 4.74 Å². The molecular weight excluding hydrogens is 478 g/mol. The summed E-state index contributed by atoms with van der Waals surface area (Å²) < 4.78 is 34.3. The van der Waals surface area contributed by atoms with Gasteiger partial charge in [-0.1, -0.05) is 30.3 Å². The molecule has 1 fully saturated rings.